The maximum Gasteiger partial charge on any atom is 0.110 e. The Morgan fingerprint density at radius 3 is 2.56 bits per heavy atom. The molecule has 0 atom stereocenters. The number of aryl methyl sites for hydroxylation is 1. The van der Waals surface area contributed by atoms with Crippen molar-refractivity contribution in [3.8, 4) is 0 Å². The van der Waals surface area contributed by atoms with Crippen LogP contribution in [0.25, 0.3) is 0 Å². The minimum Gasteiger partial charge on any atom is -0.389 e. The van der Waals surface area contributed by atoms with Crippen LogP contribution in [0.5, 0.6) is 0 Å². The number of nitrogens with two attached hydrogens (primary N) is 1. The molecule has 0 bridgehead atoms. The Hall–Kier alpha value is -0.570. The third-order valence-electron chi connectivity index (χ3n) is 1.39. The molecule has 1 aromatic rings. The van der Waals surface area contributed by atoms with Gasteiger partial charge in [-0.05, 0) is 24.9 Å². The van der Waals surface area contributed by atoms with Crippen molar-refractivity contribution in [3.63, 3.8) is 0 Å². The summed E-state index contributed by atoms with van der Waals surface area (Å²) in [5, 5.41) is 0.854. The Morgan fingerprint density at radius 1 is 1.67 bits per heavy atom. The largest absolute Gasteiger partial charge is 0.389 e. The lowest BCUT2D eigenvalue weighted by molar-refractivity contribution is 1.06. The Morgan fingerprint density at radius 2 is 2.33 bits per heavy atom. The molecule has 2 nitrogen and oxygen atoms in total. The molecule has 0 aliphatic heterocycles. The van der Waals surface area contributed by atoms with Crippen molar-refractivity contribution in [3.05, 3.63) is 11.3 Å². The molecule has 1 heterocycles. The molecule has 9 heavy (non-hydrogen) atoms. The molecule has 0 spiro atoms. The van der Waals surface area contributed by atoms with Gasteiger partial charge in [0, 0.05) is 5.56 Å². The highest BCUT2D eigenvalue weighted by Gasteiger charge is 2.02. The van der Waals surface area contributed by atoms with Gasteiger partial charge in [0.05, 0.1) is 5.69 Å². The zero-order chi connectivity index (χ0) is 6.85. The van der Waals surface area contributed by atoms with Crippen LogP contribution < -0.4 is 5.73 Å². The van der Waals surface area contributed by atoms with Crippen molar-refractivity contribution in [2.75, 3.05) is 5.73 Å². The van der Waals surface area contributed by atoms with Crippen LogP contribution in [0.3, 0.4) is 0 Å². The first-order chi connectivity index (χ1) is 4.25. The minimum atomic E-state index is 0.854. The molecule has 0 amide bonds. The summed E-state index contributed by atoms with van der Waals surface area (Å²) in [5.74, 6) is 0. The highest BCUT2D eigenvalue weighted by molar-refractivity contribution is 7.10. The second-order valence-corrected chi connectivity index (χ2v) is 2.78. The summed E-state index contributed by atoms with van der Waals surface area (Å²) in [6.07, 6.45) is 0.986. The van der Waals surface area contributed by atoms with Gasteiger partial charge in [0.1, 0.15) is 5.00 Å². The van der Waals surface area contributed by atoms with Gasteiger partial charge in [-0.15, -0.1) is 0 Å². The van der Waals surface area contributed by atoms with E-state index in [1.807, 2.05) is 6.92 Å². The van der Waals surface area contributed by atoms with E-state index in [4.69, 9.17) is 5.73 Å². The molecule has 50 valence electrons. The summed E-state index contributed by atoms with van der Waals surface area (Å²) in [6.45, 7) is 4.10. The lowest BCUT2D eigenvalue weighted by atomic mass is 10.2. The molecular weight excluding hydrogens is 132 g/mol. The third-order valence-corrected chi connectivity index (χ3v) is 2.21. The third kappa shape index (κ3) is 1.05. The van der Waals surface area contributed by atoms with Crippen LogP contribution in [0.1, 0.15) is 18.2 Å². The Bertz CT molecular complexity index is 205. The number of nitrogens with zero attached hydrogens (tertiary/aromatic N) is 1. The first-order valence-corrected chi connectivity index (χ1v) is 3.73. The maximum atomic E-state index is 5.57. The number of hydrogen-bond donors (Lipinski definition) is 1. The quantitative estimate of drug-likeness (QED) is 0.646. The Balaban J connectivity index is 3.04. The number of hydrogen-bond acceptors (Lipinski definition) is 3. The highest BCUT2D eigenvalue weighted by atomic mass is 32.1. The smallest absolute Gasteiger partial charge is 0.110 e. The summed E-state index contributed by atoms with van der Waals surface area (Å²) in [6, 6.07) is 0. The fourth-order valence-electron chi connectivity index (χ4n) is 0.713. The topological polar surface area (TPSA) is 38.9 Å². The average molecular weight is 142 g/mol. The van der Waals surface area contributed by atoms with E-state index >= 15 is 0 Å². The SMILES string of the molecule is CCc1nsc(N)c1C. The van der Waals surface area contributed by atoms with Crippen LogP contribution in [0, 0.1) is 6.92 Å². The van der Waals surface area contributed by atoms with Gasteiger partial charge in [0.15, 0.2) is 0 Å². The lowest BCUT2D eigenvalue weighted by Crippen LogP contribution is -1.85. The summed E-state index contributed by atoms with van der Waals surface area (Å²) < 4.78 is 4.15. The zero-order valence-electron chi connectivity index (χ0n) is 5.64. The van der Waals surface area contributed by atoms with Crippen LogP contribution in [-0.4, -0.2) is 4.37 Å². The van der Waals surface area contributed by atoms with Crippen molar-refractivity contribution in [2.24, 2.45) is 0 Å². The summed E-state index contributed by atoms with van der Waals surface area (Å²) >= 11 is 1.38. The van der Waals surface area contributed by atoms with Crippen molar-refractivity contribution >= 4 is 16.5 Å². The van der Waals surface area contributed by atoms with Crippen molar-refractivity contribution < 1.29 is 0 Å². The van der Waals surface area contributed by atoms with Gasteiger partial charge < -0.3 is 5.73 Å². The summed E-state index contributed by atoms with van der Waals surface area (Å²) in [4.78, 5) is 0. The molecule has 0 unspecified atom stereocenters. The van der Waals surface area contributed by atoms with Gasteiger partial charge >= 0.3 is 0 Å². The molecule has 0 saturated heterocycles. The Labute approximate surface area is 58.9 Å². The van der Waals surface area contributed by atoms with E-state index in [1.165, 1.54) is 11.5 Å². The monoisotopic (exact) mass is 142 g/mol. The molecule has 0 fully saturated rings. The normalized spacial score (nSPS) is 10.0. The first-order valence-electron chi connectivity index (χ1n) is 2.96. The van der Waals surface area contributed by atoms with Gasteiger partial charge in [0.2, 0.25) is 0 Å². The summed E-state index contributed by atoms with van der Waals surface area (Å²) in [5.41, 5.74) is 7.86. The van der Waals surface area contributed by atoms with Crippen molar-refractivity contribution in [1.82, 2.24) is 4.37 Å². The molecule has 0 aliphatic carbocycles. The number of nitrogen functional groups attached to an aromatic ring is 1. The molecule has 1 rings (SSSR count). The van der Waals surface area contributed by atoms with E-state index in [-0.39, 0.29) is 0 Å². The zero-order valence-corrected chi connectivity index (χ0v) is 6.46. The molecule has 0 aliphatic rings. The Kier molecular flexibility index (Phi) is 1.71. The average Bonchev–Trinajstić information content (AvgIpc) is 2.15. The summed E-state index contributed by atoms with van der Waals surface area (Å²) in [7, 11) is 0. The van der Waals surface area contributed by atoms with Crippen LogP contribution in [-0.2, 0) is 6.42 Å². The molecule has 0 aromatic carbocycles. The fraction of sp³-hybridized carbons (Fsp3) is 0.500. The van der Waals surface area contributed by atoms with Gasteiger partial charge in [-0.25, -0.2) is 0 Å². The van der Waals surface area contributed by atoms with Crippen LogP contribution in [0.15, 0.2) is 0 Å². The standard InChI is InChI=1S/C6H10N2S/c1-3-5-4(2)6(7)9-8-5/h3,7H2,1-2H3. The number of aromatic nitrogens is 1. The molecule has 0 saturated carbocycles. The van der Waals surface area contributed by atoms with E-state index in [2.05, 4.69) is 11.3 Å². The van der Waals surface area contributed by atoms with Crippen LogP contribution in [0.4, 0.5) is 5.00 Å². The maximum absolute atomic E-state index is 5.57. The molecule has 2 N–H and O–H groups in total. The van der Waals surface area contributed by atoms with E-state index in [0.717, 1.165) is 22.7 Å². The van der Waals surface area contributed by atoms with Gasteiger partial charge in [-0.3, -0.25) is 0 Å². The van der Waals surface area contributed by atoms with Crippen molar-refractivity contribution in [2.45, 2.75) is 20.3 Å². The lowest BCUT2D eigenvalue weighted by Gasteiger charge is -1.88. The van der Waals surface area contributed by atoms with Crippen LogP contribution >= 0.6 is 11.5 Å². The minimum absolute atomic E-state index is 0.854. The number of rotatable bonds is 1. The van der Waals surface area contributed by atoms with E-state index < -0.39 is 0 Å². The second kappa shape index (κ2) is 2.35. The first kappa shape index (κ1) is 6.55. The van der Waals surface area contributed by atoms with E-state index in [9.17, 15) is 0 Å². The predicted molar refractivity (Wildman–Crippen MR) is 40.6 cm³/mol. The van der Waals surface area contributed by atoms with Gasteiger partial charge in [-0.1, -0.05) is 6.92 Å². The van der Waals surface area contributed by atoms with E-state index in [1.54, 1.807) is 0 Å². The molecular formula is C6H10N2S. The van der Waals surface area contributed by atoms with Gasteiger partial charge in [-0.2, -0.15) is 4.37 Å². The second-order valence-electron chi connectivity index (χ2n) is 1.97. The highest BCUT2D eigenvalue weighted by Crippen LogP contribution is 2.19. The van der Waals surface area contributed by atoms with E-state index in [0.29, 0.717) is 0 Å². The molecule has 0 radical (unpaired) electrons. The van der Waals surface area contributed by atoms with Crippen molar-refractivity contribution in [1.29, 1.82) is 0 Å². The predicted octanol–water partition coefficient (Wildman–Crippen LogP) is 1.60. The number of anilines is 1. The molecule has 1 aromatic heterocycles. The molecule has 3 heteroatoms. The van der Waals surface area contributed by atoms with Crippen LogP contribution in [0.2, 0.25) is 0 Å². The fourth-order valence-corrected chi connectivity index (χ4v) is 1.44. The van der Waals surface area contributed by atoms with Gasteiger partial charge in [0.25, 0.3) is 0 Å².